The summed E-state index contributed by atoms with van der Waals surface area (Å²) in [4.78, 5) is 14.9. The van der Waals surface area contributed by atoms with Gasteiger partial charge in [-0.1, -0.05) is 17.7 Å². The average molecular weight is 308 g/mol. The van der Waals surface area contributed by atoms with E-state index in [1.54, 1.807) is 18.2 Å². The van der Waals surface area contributed by atoms with Crippen LogP contribution in [0.1, 0.15) is 12.1 Å². The third-order valence-electron chi connectivity index (χ3n) is 2.58. The second kappa shape index (κ2) is 5.76. The smallest absolute Gasteiger partial charge is 0.360 e. The number of halogens is 4. The van der Waals surface area contributed by atoms with Gasteiger partial charge in [0.05, 0.1) is 12.2 Å². The molecule has 0 unspecified atom stereocenters. The van der Waals surface area contributed by atoms with E-state index in [2.05, 4.69) is 15.0 Å². The predicted octanol–water partition coefficient (Wildman–Crippen LogP) is 2.24. The fraction of sp³-hybridized carbons (Fsp3) is 0.364. The number of rotatable bonds is 2. The van der Waals surface area contributed by atoms with E-state index < -0.39 is 12.1 Å². The van der Waals surface area contributed by atoms with Crippen molar-refractivity contribution in [2.45, 2.75) is 12.6 Å². The van der Waals surface area contributed by atoms with Gasteiger partial charge in [0.2, 0.25) is 0 Å². The Hall–Kier alpha value is -1.67. The van der Waals surface area contributed by atoms with Gasteiger partial charge in [0, 0.05) is 6.54 Å². The molecule has 2 rings (SSSR count). The third kappa shape index (κ3) is 3.67. The summed E-state index contributed by atoms with van der Waals surface area (Å²) < 4.78 is 36.1. The molecule has 20 heavy (non-hydrogen) atoms. The van der Waals surface area contributed by atoms with E-state index in [1.807, 2.05) is 0 Å². The molecule has 0 spiro atoms. The molecule has 1 aromatic rings. The number of alkyl halides is 3. The second-order valence-corrected chi connectivity index (χ2v) is 4.37. The quantitative estimate of drug-likeness (QED) is 0.838. The maximum Gasteiger partial charge on any atom is 0.492 e. The van der Waals surface area contributed by atoms with Crippen LogP contribution in [-0.2, 0) is 9.63 Å². The summed E-state index contributed by atoms with van der Waals surface area (Å²) in [7, 11) is 0. The molecule has 0 radical (unpaired) electrons. The van der Waals surface area contributed by atoms with Crippen molar-refractivity contribution in [1.82, 2.24) is 15.3 Å². The number of hydrogen-bond donors (Lipinski definition) is 0. The minimum absolute atomic E-state index is 0.0570. The number of hydroxylamine groups is 2. The van der Waals surface area contributed by atoms with E-state index >= 15 is 0 Å². The molecular weight excluding hydrogens is 299 g/mol. The van der Waals surface area contributed by atoms with Crippen LogP contribution < -0.4 is 0 Å². The van der Waals surface area contributed by atoms with Crippen LogP contribution in [0.4, 0.5) is 13.2 Å². The highest BCUT2D eigenvalue weighted by Gasteiger charge is 2.42. The first kappa shape index (κ1) is 14.7. The van der Waals surface area contributed by atoms with Crippen LogP contribution >= 0.6 is 11.6 Å². The van der Waals surface area contributed by atoms with Gasteiger partial charge in [-0.2, -0.15) is 13.2 Å². The van der Waals surface area contributed by atoms with E-state index in [4.69, 9.17) is 11.6 Å². The Balaban J connectivity index is 1.97. The Kier molecular flexibility index (Phi) is 4.24. The van der Waals surface area contributed by atoms with Gasteiger partial charge >= 0.3 is 12.1 Å². The zero-order valence-electron chi connectivity index (χ0n) is 10.0. The molecule has 2 heterocycles. The lowest BCUT2D eigenvalue weighted by molar-refractivity contribution is -0.237. The van der Waals surface area contributed by atoms with Crippen LogP contribution in [0.15, 0.2) is 18.2 Å². The lowest BCUT2D eigenvalue weighted by Gasteiger charge is -2.24. The highest BCUT2D eigenvalue weighted by atomic mass is 35.5. The Bertz CT molecular complexity index is 531. The molecule has 0 fully saturated rings. The Morgan fingerprint density at radius 2 is 2.10 bits per heavy atom. The molecule has 1 aliphatic rings. The van der Waals surface area contributed by atoms with E-state index in [-0.39, 0.29) is 18.2 Å². The summed E-state index contributed by atoms with van der Waals surface area (Å²) >= 11 is 5.61. The fourth-order valence-electron chi connectivity index (χ4n) is 1.62. The van der Waals surface area contributed by atoms with Gasteiger partial charge in [-0.3, -0.25) is 0 Å². The topological polar surface area (TPSA) is 55.3 Å². The third-order valence-corrected chi connectivity index (χ3v) is 2.78. The molecule has 0 amide bonds. The van der Waals surface area contributed by atoms with Crippen molar-refractivity contribution < 1.29 is 22.8 Å². The van der Waals surface area contributed by atoms with Crippen molar-refractivity contribution in [2.75, 3.05) is 13.1 Å². The summed E-state index contributed by atoms with van der Waals surface area (Å²) in [5, 5.41) is 8.75. The molecule has 0 saturated heterocycles. The van der Waals surface area contributed by atoms with Crippen LogP contribution in [0.25, 0.3) is 5.57 Å². The Labute approximate surface area is 116 Å². The molecule has 9 heteroatoms. The molecule has 0 aliphatic carbocycles. The standard InChI is InChI=1S/C11H9ClF3N3O2/c12-9-2-1-8(16-17-9)7-3-5-18(6-4-7)20-10(19)11(13,14)15/h1-3H,4-6H2. The average Bonchev–Trinajstić information content (AvgIpc) is 2.39. The van der Waals surface area contributed by atoms with Gasteiger partial charge in [0.15, 0.2) is 5.15 Å². The van der Waals surface area contributed by atoms with E-state index in [9.17, 15) is 18.0 Å². The highest BCUT2D eigenvalue weighted by molar-refractivity contribution is 6.29. The zero-order chi connectivity index (χ0) is 14.8. The first-order valence-corrected chi connectivity index (χ1v) is 5.97. The van der Waals surface area contributed by atoms with Crippen LogP contribution in [0.5, 0.6) is 0 Å². The van der Waals surface area contributed by atoms with E-state index in [0.29, 0.717) is 12.1 Å². The lowest BCUT2D eigenvalue weighted by atomic mass is 10.1. The largest absolute Gasteiger partial charge is 0.492 e. The van der Waals surface area contributed by atoms with E-state index in [0.717, 1.165) is 10.6 Å². The summed E-state index contributed by atoms with van der Waals surface area (Å²) in [5.74, 6) is -2.22. The highest BCUT2D eigenvalue weighted by Crippen LogP contribution is 2.23. The van der Waals surface area contributed by atoms with Crippen molar-refractivity contribution in [3.8, 4) is 0 Å². The van der Waals surface area contributed by atoms with Gasteiger partial charge in [-0.05, 0) is 24.1 Å². The molecule has 5 nitrogen and oxygen atoms in total. The summed E-state index contributed by atoms with van der Waals surface area (Å²) in [5.41, 5.74) is 1.41. The minimum Gasteiger partial charge on any atom is -0.360 e. The lowest BCUT2D eigenvalue weighted by Crippen LogP contribution is -2.37. The number of aromatic nitrogens is 2. The zero-order valence-corrected chi connectivity index (χ0v) is 10.8. The molecule has 1 aromatic heterocycles. The van der Waals surface area contributed by atoms with Gasteiger partial charge in [-0.25, -0.2) is 4.79 Å². The Morgan fingerprint density at radius 3 is 2.60 bits per heavy atom. The van der Waals surface area contributed by atoms with Crippen molar-refractivity contribution in [3.05, 3.63) is 29.1 Å². The molecule has 108 valence electrons. The molecule has 0 bridgehead atoms. The maximum atomic E-state index is 12.0. The SMILES string of the molecule is O=C(ON1CC=C(c2ccc(Cl)nn2)CC1)C(F)(F)F. The fourth-order valence-corrected chi connectivity index (χ4v) is 1.72. The van der Waals surface area contributed by atoms with Crippen LogP contribution in [0.3, 0.4) is 0 Å². The number of carbonyl (C=O) groups is 1. The van der Waals surface area contributed by atoms with Crippen molar-refractivity contribution in [1.29, 1.82) is 0 Å². The van der Waals surface area contributed by atoms with Crippen LogP contribution in [0, 0.1) is 0 Å². The van der Waals surface area contributed by atoms with Gasteiger partial charge < -0.3 is 4.84 Å². The monoisotopic (exact) mass is 307 g/mol. The summed E-state index contributed by atoms with van der Waals surface area (Å²) in [6.45, 7) is 0.208. The molecule has 0 atom stereocenters. The number of nitrogens with zero attached hydrogens (tertiary/aromatic N) is 3. The molecular formula is C11H9ClF3N3O2. The van der Waals surface area contributed by atoms with E-state index in [1.165, 1.54) is 0 Å². The minimum atomic E-state index is -4.99. The number of carbonyl (C=O) groups excluding carboxylic acids is 1. The summed E-state index contributed by atoms with van der Waals surface area (Å²) in [6, 6.07) is 3.24. The molecule has 1 aliphatic heterocycles. The van der Waals surface area contributed by atoms with Crippen LogP contribution in [0.2, 0.25) is 5.15 Å². The summed E-state index contributed by atoms with van der Waals surface area (Å²) in [6.07, 6.45) is -2.97. The molecule has 0 aromatic carbocycles. The maximum absolute atomic E-state index is 12.0. The van der Waals surface area contributed by atoms with Gasteiger partial charge in [0.1, 0.15) is 0 Å². The van der Waals surface area contributed by atoms with Gasteiger partial charge in [0.25, 0.3) is 0 Å². The normalized spacial score (nSPS) is 16.7. The molecule has 0 saturated carbocycles. The predicted molar refractivity (Wildman–Crippen MR) is 63.4 cm³/mol. The van der Waals surface area contributed by atoms with Gasteiger partial charge in [-0.15, -0.1) is 15.3 Å². The first-order chi connectivity index (χ1) is 9.36. The first-order valence-electron chi connectivity index (χ1n) is 5.59. The second-order valence-electron chi connectivity index (χ2n) is 3.99. The Morgan fingerprint density at radius 1 is 1.35 bits per heavy atom. The van der Waals surface area contributed by atoms with Crippen molar-refractivity contribution >= 4 is 23.1 Å². The van der Waals surface area contributed by atoms with Crippen molar-refractivity contribution in [3.63, 3.8) is 0 Å². The van der Waals surface area contributed by atoms with Crippen LogP contribution in [-0.4, -0.2) is 40.5 Å². The number of hydrogen-bond acceptors (Lipinski definition) is 5. The van der Waals surface area contributed by atoms with Crippen molar-refractivity contribution in [2.24, 2.45) is 0 Å². The molecule has 0 N–H and O–H groups in total.